The van der Waals surface area contributed by atoms with Gasteiger partial charge in [0.2, 0.25) is 0 Å². The maximum atomic E-state index is 11.4. The van der Waals surface area contributed by atoms with E-state index in [1.807, 2.05) is 26.1 Å². The maximum Gasteiger partial charge on any atom is 0.322 e. The van der Waals surface area contributed by atoms with Gasteiger partial charge in [0.15, 0.2) is 0 Å². The van der Waals surface area contributed by atoms with Gasteiger partial charge in [-0.05, 0) is 26.8 Å². The second-order valence-electron chi connectivity index (χ2n) is 5.98. The van der Waals surface area contributed by atoms with Crippen LogP contribution in [0.2, 0.25) is 0 Å². The van der Waals surface area contributed by atoms with Crippen LogP contribution in [0, 0.1) is 6.92 Å². The number of benzene rings is 1. The highest BCUT2D eigenvalue weighted by atomic mass is 32.2. The molecule has 1 aliphatic rings. The number of rotatable bonds is 3. The van der Waals surface area contributed by atoms with Gasteiger partial charge < -0.3 is 5.11 Å². The van der Waals surface area contributed by atoms with E-state index >= 15 is 0 Å². The normalized spacial score (nSPS) is 23.6. The minimum Gasteiger partial charge on any atom is -0.480 e. The molecule has 2 atom stereocenters. The fraction of sp³-hybridized carbons (Fsp3) is 0.375. The Balaban J connectivity index is 1.85. The minimum atomic E-state index is -0.802. The van der Waals surface area contributed by atoms with E-state index in [0.29, 0.717) is 0 Å². The van der Waals surface area contributed by atoms with Crippen LogP contribution in [0.1, 0.15) is 29.7 Å². The number of carboxylic acid groups (broad SMARTS) is 1. The van der Waals surface area contributed by atoms with Gasteiger partial charge in [-0.15, -0.1) is 23.1 Å². The zero-order valence-corrected chi connectivity index (χ0v) is 14.3. The first kappa shape index (κ1) is 15.5. The molecule has 0 radical (unpaired) electrons. The van der Waals surface area contributed by atoms with Crippen LogP contribution in [0.5, 0.6) is 0 Å². The highest BCUT2D eigenvalue weighted by Gasteiger charge is 2.46. The van der Waals surface area contributed by atoms with Gasteiger partial charge in [0.1, 0.15) is 11.0 Å². The summed E-state index contributed by atoms with van der Waals surface area (Å²) in [5, 5.41) is 13.5. The molecule has 0 aliphatic carbocycles. The summed E-state index contributed by atoms with van der Waals surface area (Å²) in [6.45, 7) is 5.99. The molecule has 22 heavy (non-hydrogen) atoms. The van der Waals surface area contributed by atoms with Gasteiger partial charge >= 0.3 is 5.97 Å². The third-order valence-corrected chi connectivity index (χ3v) is 6.46. The Morgan fingerprint density at radius 3 is 2.82 bits per heavy atom. The van der Waals surface area contributed by atoms with Crippen molar-refractivity contribution in [2.45, 2.75) is 36.9 Å². The number of hydrogen-bond donors (Lipinski definition) is 2. The van der Waals surface area contributed by atoms with E-state index in [4.69, 9.17) is 0 Å². The quantitative estimate of drug-likeness (QED) is 0.896. The van der Waals surface area contributed by atoms with Gasteiger partial charge in [-0.1, -0.05) is 23.8 Å². The first-order valence-corrected chi connectivity index (χ1v) is 8.76. The molecule has 116 valence electrons. The van der Waals surface area contributed by atoms with Gasteiger partial charge in [0, 0.05) is 16.5 Å². The molecule has 0 spiro atoms. The predicted molar refractivity (Wildman–Crippen MR) is 91.3 cm³/mol. The molecule has 2 heterocycles. The van der Waals surface area contributed by atoms with Gasteiger partial charge in [-0.3, -0.25) is 10.1 Å². The molecule has 1 saturated heterocycles. The van der Waals surface area contributed by atoms with Gasteiger partial charge in [0.05, 0.1) is 10.3 Å². The predicted octanol–water partition coefficient (Wildman–Crippen LogP) is 3.69. The lowest BCUT2D eigenvalue weighted by molar-refractivity contribution is -0.139. The first-order valence-electron chi connectivity index (χ1n) is 7.06. The molecule has 0 amide bonds. The lowest BCUT2D eigenvalue weighted by Crippen LogP contribution is -2.43. The summed E-state index contributed by atoms with van der Waals surface area (Å²) in [7, 11) is 0. The van der Waals surface area contributed by atoms with Crippen molar-refractivity contribution in [3.05, 3.63) is 40.9 Å². The fourth-order valence-electron chi connectivity index (χ4n) is 2.59. The summed E-state index contributed by atoms with van der Waals surface area (Å²) in [5.74, 6) is -0.802. The molecule has 2 unspecified atom stereocenters. The van der Waals surface area contributed by atoms with E-state index in [-0.39, 0.29) is 10.1 Å². The fourth-order valence-corrected chi connectivity index (χ4v) is 5.02. The largest absolute Gasteiger partial charge is 0.480 e. The number of carbonyl (C=O) groups is 1. The van der Waals surface area contributed by atoms with Crippen molar-refractivity contribution in [2.75, 3.05) is 0 Å². The Bertz CT molecular complexity index is 712. The Labute approximate surface area is 138 Å². The van der Waals surface area contributed by atoms with E-state index < -0.39 is 12.0 Å². The van der Waals surface area contributed by atoms with Crippen molar-refractivity contribution >= 4 is 29.1 Å². The molecule has 3 rings (SSSR count). The number of aromatic nitrogens is 1. The SMILES string of the molecule is Cc1cccc(-c2ncc(C3NC(C(=O)O)C(C)(C)S3)s2)c1. The molecule has 0 bridgehead atoms. The van der Waals surface area contributed by atoms with Gasteiger partial charge in [-0.2, -0.15) is 0 Å². The second-order valence-corrected chi connectivity index (χ2v) is 8.80. The molecule has 1 aromatic carbocycles. The van der Waals surface area contributed by atoms with Crippen molar-refractivity contribution in [3.63, 3.8) is 0 Å². The van der Waals surface area contributed by atoms with Crippen LogP contribution in [0.15, 0.2) is 30.5 Å². The molecule has 1 aromatic heterocycles. The van der Waals surface area contributed by atoms with E-state index in [2.05, 4.69) is 35.4 Å². The number of nitrogens with zero attached hydrogens (tertiary/aromatic N) is 1. The Hall–Kier alpha value is -1.37. The summed E-state index contributed by atoms with van der Waals surface area (Å²) >= 11 is 3.27. The minimum absolute atomic E-state index is 0.0211. The first-order chi connectivity index (χ1) is 10.4. The zero-order chi connectivity index (χ0) is 15.9. The van der Waals surface area contributed by atoms with Crippen LogP contribution in [-0.2, 0) is 4.79 Å². The number of thioether (sulfide) groups is 1. The van der Waals surface area contributed by atoms with Crippen molar-refractivity contribution in [3.8, 4) is 10.6 Å². The monoisotopic (exact) mass is 334 g/mol. The lowest BCUT2D eigenvalue weighted by atomic mass is 10.0. The summed E-state index contributed by atoms with van der Waals surface area (Å²) in [5.41, 5.74) is 2.31. The van der Waals surface area contributed by atoms with Crippen LogP contribution in [0.3, 0.4) is 0 Å². The number of thiazole rings is 1. The number of carboxylic acids is 1. The highest BCUT2D eigenvalue weighted by Crippen LogP contribution is 2.47. The van der Waals surface area contributed by atoms with E-state index in [0.717, 1.165) is 15.4 Å². The topological polar surface area (TPSA) is 62.2 Å². The standard InChI is InChI=1S/C16H18N2O2S2/c1-9-5-4-6-10(7-9)13-17-8-11(21-13)14-18-12(15(19)20)16(2,3)22-14/h4-8,12,14,18H,1-3H3,(H,19,20). The Morgan fingerprint density at radius 2 is 2.18 bits per heavy atom. The highest BCUT2D eigenvalue weighted by molar-refractivity contribution is 8.01. The van der Waals surface area contributed by atoms with Crippen molar-refractivity contribution in [1.29, 1.82) is 0 Å². The van der Waals surface area contributed by atoms with E-state index in [9.17, 15) is 9.90 Å². The van der Waals surface area contributed by atoms with Crippen LogP contribution in [0.4, 0.5) is 0 Å². The van der Waals surface area contributed by atoms with E-state index in [1.54, 1.807) is 23.1 Å². The average Bonchev–Trinajstić information content (AvgIpc) is 3.02. The second kappa shape index (κ2) is 5.68. The Morgan fingerprint density at radius 1 is 1.41 bits per heavy atom. The molecule has 1 aliphatic heterocycles. The third-order valence-electron chi connectivity index (χ3n) is 3.73. The molecule has 6 heteroatoms. The number of hydrogen-bond acceptors (Lipinski definition) is 5. The molecule has 0 saturated carbocycles. The van der Waals surface area contributed by atoms with Crippen molar-refractivity contribution in [1.82, 2.24) is 10.3 Å². The number of aryl methyl sites for hydroxylation is 1. The molecular weight excluding hydrogens is 316 g/mol. The summed E-state index contributed by atoms with van der Waals surface area (Å²) in [4.78, 5) is 16.9. The van der Waals surface area contributed by atoms with Crippen LogP contribution < -0.4 is 5.32 Å². The third kappa shape index (κ3) is 2.91. The smallest absolute Gasteiger partial charge is 0.322 e. The molecule has 2 N–H and O–H groups in total. The molecule has 4 nitrogen and oxygen atoms in total. The van der Waals surface area contributed by atoms with Crippen molar-refractivity contribution in [2.24, 2.45) is 0 Å². The number of aliphatic carboxylic acids is 1. The van der Waals surface area contributed by atoms with Crippen LogP contribution in [0.25, 0.3) is 10.6 Å². The van der Waals surface area contributed by atoms with Crippen molar-refractivity contribution < 1.29 is 9.90 Å². The summed E-state index contributed by atoms with van der Waals surface area (Å²) < 4.78 is -0.343. The number of nitrogens with one attached hydrogen (secondary N) is 1. The zero-order valence-electron chi connectivity index (χ0n) is 12.7. The van der Waals surface area contributed by atoms with Gasteiger partial charge in [0.25, 0.3) is 0 Å². The van der Waals surface area contributed by atoms with E-state index in [1.165, 1.54) is 5.56 Å². The Kier molecular flexibility index (Phi) is 4.01. The summed E-state index contributed by atoms with van der Waals surface area (Å²) in [6, 6.07) is 7.70. The van der Waals surface area contributed by atoms with Crippen LogP contribution in [-0.4, -0.2) is 26.8 Å². The summed E-state index contributed by atoms with van der Waals surface area (Å²) in [6.07, 6.45) is 1.85. The molecular formula is C16H18N2O2S2. The van der Waals surface area contributed by atoms with Gasteiger partial charge in [-0.25, -0.2) is 4.98 Å². The molecule has 1 fully saturated rings. The molecule has 2 aromatic rings. The lowest BCUT2D eigenvalue weighted by Gasteiger charge is -2.20. The van der Waals surface area contributed by atoms with Crippen LogP contribution >= 0.6 is 23.1 Å². The average molecular weight is 334 g/mol. The maximum absolute atomic E-state index is 11.4.